The summed E-state index contributed by atoms with van der Waals surface area (Å²) in [5.74, 6) is -0.102. The maximum Gasteiger partial charge on any atom is 0.0659 e. The van der Waals surface area contributed by atoms with E-state index in [9.17, 15) is 15.3 Å². The third-order valence-corrected chi connectivity index (χ3v) is 6.85. The molecule has 0 aliphatic rings. The molecule has 0 saturated heterocycles. The van der Waals surface area contributed by atoms with Crippen molar-refractivity contribution in [2.75, 3.05) is 6.61 Å². The van der Waals surface area contributed by atoms with Crippen LogP contribution in [0.3, 0.4) is 0 Å². The molecule has 0 aromatic heterocycles. The zero-order chi connectivity index (χ0) is 25.8. The fraction of sp³-hybridized carbons (Fsp3) is 0.733. The van der Waals surface area contributed by atoms with Gasteiger partial charge in [-0.3, -0.25) is 0 Å². The molecule has 0 fully saturated rings. The predicted octanol–water partition coefficient (Wildman–Crippen LogP) is 6.36. The molecule has 0 aromatic carbocycles. The van der Waals surface area contributed by atoms with Crippen molar-refractivity contribution in [1.29, 1.82) is 0 Å². The highest BCUT2D eigenvalue weighted by atomic mass is 16.3. The van der Waals surface area contributed by atoms with Gasteiger partial charge in [-0.05, 0) is 32.1 Å². The van der Waals surface area contributed by atoms with E-state index in [1.54, 1.807) is 6.08 Å². The van der Waals surface area contributed by atoms with Gasteiger partial charge in [-0.15, -0.1) is 0 Å². The second-order valence-electron chi connectivity index (χ2n) is 10.0. The lowest BCUT2D eigenvalue weighted by Crippen LogP contribution is -2.33. The molecule has 0 amide bonds. The largest absolute Gasteiger partial charge is 0.396 e. The van der Waals surface area contributed by atoms with Crippen molar-refractivity contribution in [3.8, 4) is 0 Å². The van der Waals surface area contributed by atoms with Crippen LogP contribution in [0.2, 0.25) is 0 Å². The first kappa shape index (κ1) is 32.8. The molecule has 0 saturated carbocycles. The molecule has 4 N–H and O–H groups in total. The van der Waals surface area contributed by atoms with Crippen molar-refractivity contribution < 1.29 is 20.4 Å². The van der Waals surface area contributed by atoms with Gasteiger partial charge >= 0.3 is 0 Å². The van der Waals surface area contributed by atoms with Crippen molar-refractivity contribution in [2.24, 2.45) is 23.7 Å². The van der Waals surface area contributed by atoms with Gasteiger partial charge in [-0.25, -0.2) is 0 Å². The molecule has 4 nitrogen and oxygen atoms in total. The first-order valence-corrected chi connectivity index (χ1v) is 13.5. The summed E-state index contributed by atoms with van der Waals surface area (Å²) in [6, 6.07) is 0. The Kier molecular flexibility index (Phi) is 20.4. The summed E-state index contributed by atoms with van der Waals surface area (Å²) in [5.41, 5.74) is 0. The van der Waals surface area contributed by atoms with Crippen LogP contribution >= 0.6 is 0 Å². The Bertz CT molecular complexity index is 568. The third kappa shape index (κ3) is 15.7. The maximum atomic E-state index is 10.6. The molecular formula is C30H54O4. The van der Waals surface area contributed by atoms with Crippen LogP contribution in [0, 0.1) is 23.7 Å². The number of hydrogen-bond acceptors (Lipinski definition) is 4. The minimum Gasteiger partial charge on any atom is -0.396 e. The van der Waals surface area contributed by atoms with Gasteiger partial charge in [0.1, 0.15) is 0 Å². The Balaban J connectivity index is 4.17. The zero-order valence-corrected chi connectivity index (χ0v) is 22.4. The molecule has 198 valence electrons. The van der Waals surface area contributed by atoms with Gasteiger partial charge in [0.25, 0.3) is 0 Å². The van der Waals surface area contributed by atoms with Crippen LogP contribution in [-0.2, 0) is 0 Å². The van der Waals surface area contributed by atoms with Gasteiger partial charge in [-0.2, -0.15) is 0 Å². The second-order valence-corrected chi connectivity index (χ2v) is 10.0. The first-order chi connectivity index (χ1) is 16.3. The number of rotatable bonds is 21. The molecule has 0 aliphatic carbocycles. The Morgan fingerprint density at radius 2 is 1.15 bits per heavy atom. The summed E-state index contributed by atoms with van der Waals surface area (Å²) >= 11 is 0. The second kappa shape index (κ2) is 21.1. The van der Waals surface area contributed by atoms with Crippen LogP contribution < -0.4 is 0 Å². The average molecular weight is 479 g/mol. The lowest BCUT2D eigenvalue weighted by Gasteiger charge is -2.27. The average Bonchev–Trinajstić information content (AvgIpc) is 2.84. The van der Waals surface area contributed by atoms with Gasteiger partial charge in [0.15, 0.2) is 0 Å². The van der Waals surface area contributed by atoms with E-state index in [1.165, 1.54) is 32.1 Å². The monoisotopic (exact) mass is 478 g/mol. The van der Waals surface area contributed by atoms with Crippen LogP contribution in [0.5, 0.6) is 0 Å². The van der Waals surface area contributed by atoms with Crippen LogP contribution in [-0.4, -0.2) is 45.3 Å². The molecule has 0 aliphatic heterocycles. The number of hydrogen-bond donors (Lipinski definition) is 4. The normalized spacial score (nSPS) is 18.8. The molecule has 0 heterocycles. The molecule has 0 rings (SSSR count). The van der Waals surface area contributed by atoms with Crippen molar-refractivity contribution in [3.05, 3.63) is 49.1 Å². The molecule has 34 heavy (non-hydrogen) atoms. The Morgan fingerprint density at radius 1 is 0.647 bits per heavy atom. The number of aliphatic hydroxyl groups excluding tert-OH is 4. The summed E-state index contributed by atoms with van der Waals surface area (Å²) in [5, 5.41) is 40.3. The fourth-order valence-electron chi connectivity index (χ4n) is 4.19. The minimum atomic E-state index is -0.597. The smallest absolute Gasteiger partial charge is 0.0659 e. The van der Waals surface area contributed by atoms with E-state index in [1.807, 2.05) is 45.1 Å². The molecule has 0 spiro atoms. The highest BCUT2D eigenvalue weighted by Crippen LogP contribution is 2.21. The van der Waals surface area contributed by atoms with E-state index in [0.717, 1.165) is 25.7 Å². The predicted molar refractivity (Wildman–Crippen MR) is 146 cm³/mol. The van der Waals surface area contributed by atoms with Gasteiger partial charge in [-0.1, -0.05) is 109 Å². The lowest BCUT2D eigenvalue weighted by molar-refractivity contribution is 0.00103. The molecule has 0 aromatic rings. The van der Waals surface area contributed by atoms with E-state index in [0.29, 0.717) is 13.0 Å². The van der Waals surface area contributed by atoms with Crippen molar-refractivity contribution >= 4 is 0 Å². The number of aliphatic hydroxyl groups is 4. The first-order valence-electron chi connectivity index (χ1n) is 13.5. The topological polar surface area (TPSA) is 80.9 Å². The standard InChI is InChI=1S/C30H54O4/c1-6-7-19-26(4)30(34)27(5)28(32)22-17-16-21-25(3)29(33)24(2)20-15-13-11-9-8-10-12-14-18-23-31/h6-7,15-16,19-21,24-34H,1,8-14,17-18,22-23H2,2-5H3/t24-,25-,26-,27+,28+,29-,30+/m0/s1. The Hall–Kier alpha value is -1.20. The van der Waals surface area contributed by atoms with Gasteiger partial charge < -0.3 is 20.4 Å². The highest BCUT2D eigenvalue weighted by molar-refractivity contribution is 5.02. The summed E-state index contributed by atoms with van der Waals surface area (Å²) in [7, 11) is 0. The van der Waals surface area contributed by atoms with E-state index in [-0.39, 0.29) is 23.7 Å². The summed E-state index contributed by atoms with van der Waals surface area (Å²) < 4.78 is 0. The van der Waals surface area contributed by atoms with Gasteiger partial charge in [0.2, 0.25) is 0 Å². The lowest BCUT2D eigenvalue weighted by atomic mass is 9.87. The van der Waals surface area contributed by atoms with E-state index in [4.69, 9.17) is 5.11 Å². The van der Waals surface area contributed by atoms with Crippen LogP contribution in [0.1, 0.15) is 91.9 Å². The fourth-order valence-corrected chi connectivity index (χ4v) is 4.19. The summed E-state index contributed by atoms with van der Waals surface area (Å²) in [6.07, 6.45) is 22.8. The van der Waals surface area contributed by atoms with Crippen molar-refractivity contribution in [2.45, 2.75) is 110 Å². The summed E-state index contributed by atoms with van der Waals surface area (Å²) in [6.45, 7) is 11.9. The van der Waals surface area contributed by atoms with E-state index < -0.39 is 18.3 Å². The highest BCUT2D eigenvalue weighted by Gasteiger charge is 2.25. The van der Waals surface area contributed by atoms with Crippen molar-refractivity contribution in [1.82, 2.24) is 0 Å². The SMILES string of the molecule is C=CC=C[C@H](C)[C@@H](O)[C@H](C)[C@H](O)CCC=C[C@H](C)[C@@H](O)[C@@H](C)C=CCCCCCCCCCO. The maximum absolute atomic E-state index is 10.6. The van der Waals surface area contributed by atoms with Crippen LogP contribution in [0.25, 0.3) is 0 Å². The molecular weight excluding hydrogens is 424 g/mol. The minimum absolute atomic E-state index is 0.0368. The number of unbranched alkanes of at least 4 members (excludes halogenated alkanes) is 7. The number of allylic oxidation sites excluding steroid dienone is 4. The zero-order valence-electron chi connectivity index (χ0n) is 22.4. The molecule has 7 atom stereocenters. The van der Waals surface area contributed by atoms with Gasteiger partial charge in [0.05, 0.1) is 18.3 Å². The van der Waals surface area contributed by atoms with Crippen LogP contribution in [0.4, 0.5) is 0 Å². The van der Waals surface area contributed by atoms with Gasteiger partial charge in [0, 0.05) is 30.3 Å². The molecule has 0 unspecified atom stereocenters. The Labute approximate surface area is 210 Å². The van der Waals surface area contributed by atoms with Crippen LogP contribution in [0.15, 0.2) is 49.1 Å². The van der Waals surface area contributed by atoms with E-state index in [2.05, 4.69) is 25.7 Å². The Morgan fingerprint density at radius 3 is 1.71 bits per heavy atom. The third-order valence-electron chi connectivity index (χ3n) is 6.85. The van der Waals surface area contributed by atoms with Crippen molar-refractivity contribution in [3.63, 3.8) is 0 Å². The molecule has 4 heteroatoms. The molecule has 0 bridgehead atoms. The quantitative estimate of drug-likeness (QED) is 0.0879. The molecule has 0 radical (unpaired) electrons. The summed E-state index contributed by atoms with van der Waals surface area (Å²) in [4.78, 5) is 0. The van der Waals surface area contributed by atoms with E-state index >= 15 is 0 Å².